The number of methoxy groups -OCH3 is 1. The molecule has 3 N–H and O–H groups in total. The second-order valence-corrected chi connectivity index (χ2v) is 5.07. The van der Waals surface area contributed by atoms with E-state index >= 15 is 0 Å². The van der Waals surface area contributed by atoms with Gasteiger partial charge in [-0.15, -0.1) is 0 Å². The summed E-state index contributed by atoms with van der Waals surface area (Å²) in [5, 5.41) is 3.30. The third-order valence-electron chi connectivity index (χ3n) is 3.48. The Balaban J connectivity index is 1.92. The zero-order chi connectivity index (χ0) is 14.1. The van der Waals surface area contributed by atoms with Crippen molar-refractivity contribution in [2.24, 2.45) is 0 Å². The fourth-order valence-corrected chi connectivity index (χ4v) is 2.04. The molecule has 0 atom stereocenters. The summed E-state index contributed by atoms with van der Waals surface area (Å²) in [6, 6.07) is 7.73. The molecule has 2 aromatic rings. The first-order chi connectivity index (χ1) is 9.67. The number of nitrogens with two attached hydrogens (primary N) is 1. The minimum absolute atomic E-state index is 0.476. The van der Waals surface area contributed by atoms with Crippen LogP contribution < -0.4 is 15.8 Å². The lowest BCUT2D eigenvalue weighted by molar-refractivity contribution is 0.415. The molecule has 0 aliphatic heterocycles. The lowest BCUT2D eigenvalue weighted by atomic mass is 10.2. The first kappa shape index (κ1) is 12.7. The monoisotopic (exact) mass is 270 g/mol. The van der Waals surface area contributed by atoms with E-state index in [0.717, 1.165) is 41.5 Å². The quantitative estimate of drug-likeness (QED) is 0.893. The highest BCUT2D eigenvalue weighted by Gasteiger charge is 2.27. The molecule has 0 spiro atoms. The summed E-state index contributed by atoms with van der Waals surface area (Å²) in [5.74, 6) is 3.44. The Bertz CT molecular complexity index is 638. The SMILES string of the molecule is COc1cccc(Nc2nc(C3CC3)nc(N)c2C)c1. The second-order valence-electron chi connectivity index (χ2n) is 5.07. The van der Waals surface area contributed by atoms with Crippen LogP contribution in [0, 0.1) is 6.92 Å². The van der Waals surface area contributed by atoms with Crippen LogP contribution in [0.15, 0.2) is 24.3 Å². The molecular formula is C15H18N4O. The highest BCUT2D eigenvalue weighted by atomic mass is 16.5. The van der Waals surface area contributed by atoms with Crippen molar-refractivity contribution in [1.29, 1.82) is 0 Å². The molecule has 1 aromatic heterocycles. The maximum atomic E-state index is 5.98. The Hall–Kier alpha value is -2.30. The number of anilines is 3. The van der Waals surface area contributed by atoms with Gasteiger partial charge in [-0.1, -0.05) is 6.07 Å². The Morgan fingerprint density at radius 3 is 2.80 bits per heavy atom. The number of nitrogen functional groups attached to an aromatic ring is 1. The third kappa shape index (κ3) is 2.52. The van der Waals surface area contributed by atoms with E-state index < -0.39 is 0 Å². The molecule has 0 radical (unpaired) electrons. The van der Waals surface area contributed by atoms with E-state index in [4.69, 9.17) is 10.5 Å². The van der Waals surface area contributed by atoms with E-state index in [1.54, 1.807) is 7.11 Å². The number of hydrogen-bond donors (Lipinski definition) is 2. The fraction of sp³-hybridized carbons (Fsp3) is 0.333. The molecule has 1 aliphatic carbocycles. The van der Waals surface area contributed by atoms with Crippen LogP contribution in [-0.4, -0.2) is 17.1 Å². The molecule has 5 heteroatoms. The molecule has 1 fully saturated rings. The van der Waals surface area contributed by atoms with Gasteiger partial charge in [0.1, 0.15) is 23.2 Å². The topological polar surface area (TPSA) is 73.1 Å². The van der Waals surface area contributed by atoms with Crippen molar-refractivity contribution in [2.75, 3.05) is 18.2 Å². The Labute approximate surface area is 118 Å². The van der Waals surface area contributed by atoms with Gasteiger partial charge in [-0.3, -0.25) is 0 Å². The van der Waals surface area contributed by atoms with Gasteiger partial charge in [-0.2, -0.15) is 0 Å². The minimum Gasteiger partial charge on any atom is -0.497 e. The summed E-state index contributed by atoms with van der Waals surface area (Å²) in [7, 11) is 1.65. The van der Waals surface area contributed by atoms with Crippen molar-refractivity contribution in [1.82, 2.24) is 9.97 Å². The molecule has 3 rings (SSSR count). The van der Waals surface area contributed by atoms with Crippen LogP contribution in [0.25, 0.3) is 0 Å². The van der Waals surface area contributed by atoms with Gasteiger partial charge in [0.25, 0.3) is 0 Å². The third-order valence-corrected chi connectivity index (χ3v) is 3.48. The van der Waals surface area contributed by atoms with Crippen LogP contribution in [-0.2, 0) is 0 Å². The van der Waals surface area contributed by atoms with Gasteiger partial charge in [0.05, 0.1) is 7.11 Å². The molecule has 0 amide bonds. The molecule has 0 bridgehead atoms. The second kappa shape index (κ2) is 5.00. The van der Waals surface area contributed by atoms with Crippen molar-refractivity contribution in [3.63, 3.8) is 0 Å². The maximum Gasteiger partial charge on any atom is 0.139 e. The Morgan fingerprint density at radius 2 is 2.10 bits per heavy atom. The standard InChI is InChI=1S/C15H18N4O/c1-9-13(16)18-15(10-6-7-10)19-14(9)17-11-4-3-5-12(8-11)20-2/h3-5,8,10H,6-7H2,1-2H3,(H3,16,17,18,19). The van der Waals surface area contributed by atoms with Crippen molar-refractivity contribution in [3.05, 3.63) is 35.7 Å². The fourth-order valence-electron chi connectivity index (χ4n) is 2.04. The van der Waals surface area contributed by atoms with E-state index in [2.05, 4.69) is 15.3 Å². The molecule has 20 heavy (non-hydrogen) atoms. The number of aromatic nitrogens is 2. The zero-order valence-corrected chi connectivity index (χ0v) is 11.7. The molecule has 0 saturated heterocycles. The van der Waals surface area contributed by atoms with Gasteiger partial charge in [-0.25, -0.2) is 9.97 Å². The van der Waals surface area contributed by atoms with Gasteiger partial charge in [-0.05, 0) is 31.9 Å². The smallest absolute Gasteiger partial charge is 0.139 e. The highest BCUT2D eigenvalue weighted by molar-refractivity contribution is 5.64. The van der Waals surface area contributed by atoms with E-state index in [1.165, 1.54) is 0 Å². The number of nitrogens with zero attached hydrogens (tertiary/aromatic N) is 2. The number of nitrogens with one attached hydrogen (secondary N) is 1. The van der Waals surface area contributed by atoms with Gasteiger partial charge >= 0.3 is 0 Å². The van der Waals surface area contributed by atoms with Crippen molar-refractivity contribution >= 4 is 17.3 Å². The zero-order valence-electron chi connectivity index (χ0n) is 11.7. The first-order valence-corrected chi connectivity index (χ1v) is 6.72. The summed E-state index contributed by atoms with van der Waals surface area (Å²) < 4.78 is 5.22. The molecule has 1 aliphatic rings. The number of hydrogen-bond acceptors (Lipinski definition) is 5. The van der Waals surface area contributed by atoms with Crippen LogP contribution >= 0.6 is 0 Å². The van der Waals surface area contributed by atoms with Crippen molar-refractivity contribution < 1.29 is 4.74 Å². The lowest BCUT2D eigenvalue weighted by Crippen LogP contribution is -2.06. The average Bonchev–Trinajstić information content (AvgIpc) is 3.28. The molecule has 1 aromatic carbocycles. The van der Waals surface area contributed by atoms with Crippen molar-refractivity contribution in [3.8, 4) is 5.75 Å². The van der Waals surface area contributed by atoms with Crippen molar-refractivity contribution in [2.45, 2.75) is 25.7 Å². The van der Waals surface area contributed by atoms with E-state index in [1.807, 2.05) is 31.2 Å². The molecule has 104 valence electrons. The molecule has 5 nitrogen and oxygen atoms in total. The molecule has 1 heterocycles. The lowest BCUT2D eigenvalue weighted by Gasteiger charge is -2.12. The predicted molar refractivity (Wildman–Crippen MR) is 79.4 cm³/mol. The summed E-state index contributed by atoms with van der Waals surface area (Å²) in [6.07, 6.45) is 2.31. The molecular weight excluding hydrogens is 252 g/mol. The van der Waals surface area contributed by atoms with E-state index in [0.29, 0.717) is 11.7 Å². The maximum absolute atomic E-state index is 5.98. The molecule has 1 saturated carbocycles. The van der Waals surface area contributed by atoms with Crippen LogP contribution in [0.2, 0.25) is 0 Å². The van der Waals surface area contributed by atoms with E-state index in [9.17, 15) is 0 Å². The summed E-state index contributed by atoms with van der Waals surface area (Å²) in [6.45, 7) is 1.93. The Morgan fingerprint density at radius 1 is 1.30 bits per heavy atom. The summed E-state index contributed by atoms with van der Waals surface area (Å²) in [5.41, 5.74) is 7.78. The predicted octanol–water partition coefficient (Wildman–Crippen LogP) is 3.00. The van der Waals surface area contributed by atoms with Crippen LogP contribution in [0.5, 0.6) is 5.75 Å². The van der Waals surface area contributed by atoms with Gasteiger partial charge in [0, 0.05) is 23.2 Å². The summed E-state index contributed by atoms with van der Waals surface area (Å²) >= 11 is 0. The minimum atomic E-state index is 0.476. The van der Waals surface area contributed by atoms with Gasteiger partial charge in [0.15, 0.2) is 0 Å². The normalized spacial score (nSPS) is 14.1. The number of benzene rings is 1. The van der Waals surface area contributed by atoms with Crippen LogP contribution in [0.3, 0.4) is 0 Å². The van der Waals surface area contributed by atoms with Gasteiger partial charge < -0.3 is 15.8 Å². The number of rotatable bonds is 4. The largest absolute Gasteiger partial charge is 0.497 e. The van der Waals surface area contributed by atoms with E-state index in [-0.39, 0.29) is 0 Å². The number of ether oxygens (including phenoxy) is 1. The first-order valence-electron chi connectivity index (χ1n) is 6.72. The highest BCUT2D eigenvalue weighted by Crippen LogP contribution is 2.39. The van der Waals surface area contributed by atoms with Crippen LogP contribution in [0.4, 0.5) is 17.3 Å². The Kier molecular flexibility index (Phi) is 3.18. The summed E-state index contributed by atoms with van der Waals surface area (Å²) in [4.78, 5) is 8.98. The van der Waals surface area contributed by atoms with Crippen LogP contribution in [0.1, 0.15) is 30.1 Å². The van der Waals surface area contributed by atoms with Gasteiger partial charge in [0.2, 0.25) is 0 Å². The average molecular weight is 270 g/mol. The molecule has 0 unspecified atom stereocenters.